The van der Waals surface area contributed by atoms with Crippen LogP contribution in [0, 0.1) is 4.64 Å². The topological polar surface area (TPSA) is 300 Å². The molecule has 232 valence electrons. The maximum Gasteiger partial charge on any atom is 0.490 e. The third kappa shape index (κ3) is 8.56. The number of H-pyrrole nitrogens is 1. The minimum Gasteiger partial charge on any atom is -0.387 e. The minimum atomic E-state index is -5.78. The number of hydrogen-bond donors (Lipinski definition) is 8. The van der Waals surface area contributed by atoms with Gasteiger partial charge in [0.15, 0.2) is 16.8 Å². The number of phosphoric acid groups is 3. The monoisotopic (exact) mass is 692 g/mol. The summed E-state index contributed by atoms with van der Waals surface area (Å²) in [5.74, 6) is -0.630. The van der Waals surface area contributed by atoms with Gasteiger partial charge in [-0.05, 0) is 22.4 Å². The molecule has 4 heterocycles. The van der Waals surface area contributed by atoms with Crippen molar-refractivity contribution in [1.29, 1.82) is 0 Å². The fraction of sp³-hybridized carbons (Fsp3) is 0.412. The minimum absolute atomic E-state index is 0.0352. The quantitative estimate of drug-likeness (QED) is 0.0890. The van der Waals surface area contributed by atoms with E-state index in [1.807, 2.05) is 16.8 Å². The largest absolute Gasteiger partial charge is 0.490 e. The molecule has 9 N–H and O–H groups in total. The highest BCUT2D eigenvalue weighted by Gasteiger charge is 2.48. The number of nitrogens with two attached hydrogens (primary N) is 1. The second-order valence-electron chi connectivity index (χ2n) is 8.40. The normalized spacial score (nSPS) is 23.9. The summed E-state index contributed by atoms with van der Waals surface area (Å²) in [6.07, 6.45) is -4.55. The molecule has 6 atom stereocenters. The number of carbonyl (C=O) groups excluding carboxylic acids is 1. The number of amides is 1. The van der Waals surface area contributed by atoms with E-state index in [2.05, 4.69) is 33.4 Å². The number of aromatic amines is 1. The standard InChI is InChI=1S/C17H23N6O14P3S2/c18-17-21-14-11(15(41)22-17)20-7-23(14)16-13(33-5-10(24)19-3-8-1-2-42-6-8)12(25)9(35-16)4-34-39(29,30)37-40(31,32)36-38(26,27)28/h1-2,6-7,9,12-13,16,25H,3-5H2,(H,19,24)(H,29,30)(H,31,32)(H2,26,27,28)(H3,18,21,22,41)/t9-,12?,13+,16-/m1/s1. The Kier molecular flexibility index (Phi) is 10.2. The highest BCUT2D eigenvalue weighted by atomic mass is 32.1. The Morgan fingerprint density at radius 2 is 1.98 bits per heavy atom. The van der Waals surface area contributed by atoms with Gasteiger partial charge < -0.3 is 50.2 Å². The molecular weight excluding hydrogens is 669 g/mol. The van der Waals surface area contributed by atoms with Gasteiger partial charge >= 0.3 is 23.5 Å². The first-order chi connectivity index (χ1) is 19.5. The molecule has 1 aliphatic rings. The second kappa shape index (κ2) is 12.9. The van der Waals surface area contributed by atoms with Crippen LogP contribution in [0.2, 0.25) is 0 Å². The van der Waals surface area contributed by atoms with Crippen molar-refractivity contribution in [3.8, 4) is 0 Å². The van der Waals surface area contributed by atoms with Crippen molar-refractivity contribution in [1.82, 2.24) is 24.8 Å². The van der Waals surface area contributed by atoms with Gasteiger partial charge in [0.1, 0.15) is 36.1 Å². The van der Waals surface area contributed by atoms with Crippen molar-refractivity contribution in [2.24, 2.45) is 0 Å². The Morgan fingerprint density at radius 3 is 2.64 bits per heavy atom. The average Bonchev–Trinajstić information content (AvgIpc) is 3.57. The van der Waals surface area contributed by atoms with Gasteiger partial charge in [-0.3, -0.25) is 13.9 Å². The summed E-state index contributed by atoms with van der Waals surface area (Å²) in [6, 6.07) is 1.81. The summed E-state index contributed by atoms with van der Waals surface area (Å²) in [4.78, 5) is 59.6. The molecule has 0 saturated carbocycles. The molecule has 20 nitrogen and oxygen atoms in total. The van der Waals surface area contributed by atoms with Gasteiger partial charge in [-0.2, -0.15) is 20.0 Å². The number of anilines is 1. The number of thiophene rings is 1. The number of phosphoric ester groups is 1. The number of nitrogens with zero attached hydrogens (tertiary/aromatic N) is 3. The predicted octanol–water partition coefficient (Wildman–Crippen LogP) is 0.436. The second-order valence-corrected chi connectivity index (χ2v) is 14.0. The van der Waals surface area contributed by atoms with Gasteiger partial charge in [0.25, 0.3) is 0 Å². The molecule has 4 rings (SSSR count). The Labute approximate surface area is 243 Å². The zero-order valence-electron chi connectivity index (χ0n) is 20.7. The summed E-state index contributed by atoms with van der Waals surface area (Å²) < 4.78 is 59.3. The Bertz CT molecular complexity index is 1630. The van der Waals surface area contributed by atoms with Crippen molar-refractivity contribution >= 4 is 70.0 Å². The summed E-state index contributed by atoms with van der Waals surface area (Å²) in [5.41, 5.74) is 6.99. The van der Waals surface area contributed by atoms with Gasteiger partial charge in [0.05, 0.1) is 12.9 Å². The van der Waals surface area contributed by atoms with Crippen LogP contribution in [0.15, 0.2) is 23.2 Å². The first kappa shape index (κ1) is 32.9. The van der Waals surface area contributed by atoms with Gasteiger partial charge in [-0.1, -0.05) is 12.2 Å². The number of aromatic nitrogens is 4. The molecule has 1 fully saturated rings. The zero-order valence-corrected chi connectivity index (χ0v) is 25.0. The number of imidazole rings is 1. The van der Waals surface area contributed by atoms with E-state index in [-0.39, 0.29) is 28.3 Å². The lowest BCUT2D eigenvalue weighted by Crippen LogP contribution is -2.38. The van der Waals surface area contributed by atoms with Crippen LogP contribution in [-0.2, 0) is 47.7 Å². The van der Waals surface area contributed by atoms with Gasteiger partial charge in [0, 0.05) is 6.54 Å². The van der Waals surface area contributed by atoms with Crippen molar-refractivity contribution < 1.29 is 65.8 Å². The van der Waals surface area contributed by atoms with Crippen molar-refractivity contribution in [2.45, 2.75) is 31.1 Å². The van der Waals surface area contributed by atoms with Crippen LogP contribution in [0.25, 0.3) is 11.2 Å². The number of aliphatic hydroxyl groups excluding tert-OH is 1. The van der Waals surface area contributed by atoms with Crippen LogP contribution in [0.3, 0.4) is 0 Å². The third-order valence-corrected chi connectivity index (χ3v) is 10.2. The number of hydrogen-bond acceptors (Lipinski definition) is 15. The van der Waals surface area contributed by atoms with E-state index >= 15 is 0 Å². The predicted molar refractivity (Wildman–Crippen MR) is 143 cm³/mol. The lowest BCUT2D eigenvalue weighted by molar-refractivity contribution is -0.133. The van der Waals surface area contributed by atoms with Crippen LogP contribution >= 0.6 is 47.0 Å². The maximum absolute atomic E-state index is 12.4. The number of fused-ring (bicyclic) bond motifs is 1. The fourth-order valence-corrected chi connectivity index (χ4v) is 7.64. The average molecular weight is 692 g/mol. The maximum atomic E-state index is 12.4. The Hall–Kier alpha value is -1.97. The highest BCUT2D eigenvalue weighted by molar-refractivity contribution is 7.71. The van der Waals surface area contributed by atoms with Crippen LogP contribution < -0.4 is 11.1 Å². The lowest BCUT2D eigenvalue weighted by Gasteiger charge is -2.22. The molecule has 3 aromatic heterocycles. The lowest BCUT2D eigenvalue weighted by atomic mass is 10.1. The summed E-state index contributed by atoms with van der Waals surface area (Å²) in [7, 11) is -16.9. The highest BCUT2D eigenvalue weighted by Crippen LogP contribution is 2.66. The molecule has 1 saturated heterocycles. The molecule has 3 aromatic rings. The van der Waals surface area contributed by atoms with Crippen LogP contribution in [-0.4, -0.2) is 81.6 Å². The number of ether oxygens (including phenoxy) is 2. The fourth-order valence-electron chi connectivity index (χ4n) is 3.69. The number of nitrogens with one attached hydrogen (secondary N) is 2. The number of nitrogen functional groups attached to an aromatic ring is 1. The van der Waals surface area contributed by atoms with Crippen LogP contribution in [0.5, 0.6) is 0 Å². The SMILES string of the molecule is Nc1nc(=S)c2ncn([C@@H]3O[C@H](COP(=O)(O)OP(=O)(O)OP(=O)(O)O)C(O)[C@@H]3OCC(=O)NCc3ccsc3)c2[nH]1. The summed E-state index contributed by atoms with van der Waals surface area (Å²) in [5, 5.41) is 17.3. The molecule has 3 unspecified atom stereocenters. The van der Waals surface area contributed by atoms with Crippen molar-refractivity contribution in [3.63, 3.8) is 0 Å². The number of rotatable bonds is 13. The molecule has 0 aromatic carbocycles. The van der Waals surface area contributed by atoms with E-state index in [1.54, 1.807) is 0 Å². The van der Waals surface area contributed by atoms with E-state index in [1.165, 1.54) is 22.2 Å². The molecule has 1 aliphatic heterocycles. The van der Waals surface area contributed by atoms with Crippen molar-refractivity contribution in [2.75, 3.05) is 18.9 Å². The molecule has 25 heteroatoms. The number of aliphatic hydroxyl groups is 1. The summed E-state index contributed by atoms with van der Waals surface area (Å²) in [6.45, 7) is -1.32. The van der Waals surface area contributed by atoms with Crippen LogP contribution in [0.1, 0.15) is 11.8 Å². The molecule has 1 amide bonds. The smallest absolute Gasteiger partial charge is 0.387 e. The molecule has 0 aliphatic carbocycles. The zero-order chi connectivity index (χ0) is 30.9. The Balaban J connectivity index is 1.51. The third-order valence-electron chi connectivity index (χ3n) is 5.35. The number of carbonyl (C=O) groups is 1. The van der Waals surface area contributed by atoms with E-state index in [0.29, 0.717) is 0 Å². The summed E-state index contributed by atoms with van der Waals surface area (Å²) >= 11 is 6.60. The molecule has 42 heavy (non-hydrogen) atoms. The molecule has 0 spiro atoms. The molecular formula is C17H23N6O14P3S2. The first-order valence-electron chi connectivity index (χ1n) is 11.3. The van der Waals surface area contributed by atoms with E-state index in [9.17, 15) is 33.4 Å². The van der Waals surface area contributed by atoms with Gasteiger partial charge in [0.2, 0.25) is 5.91 Å². The van der Waals surface area contributed by atoms with Gasteiger partial charge in [-0.25, -0.2) is 23.7 Å². The van der Waals surface area contributed by atoms with E-state index in [4.69, 9.17) is 37.2 Å². The molecule has 0 bridgehead atoms. The van der Waals surface area contributed by atoms with Crippen LogP contribution in [0.4, 0.5) is 5.95 Å². The first-order valence-corrected chi connectivity index (χ1v) is 17.1. The van der Waals surface area contributed by atoms with Gasteiger partial charge in [-0.15, -0.1) is 0 Å². The molecule has 0 radical (unpaired) electrons. The van der Waals surface area contributed by atoms with Crippen molar-refractivity contribution in [3.05, 3.63) is 33.4 Å². The van der Waals surface area contributed by atoms with E-state index < -0.39 is 67.1 Å². The van der Waals surface area contributed by atoms with E-state index in [0.717, 1.165) is 5.56 Å². The Morgan fingerprint density at radius 1 is 1.24 bits per heavy atom.